The molecule has 0 aliphatic heterocycles. The summed E-state index contributed by atoms with van der Waals surface area (Å²) in [6, 6.07) is 14.5. The second-order valence-electron chi connectivity index (χ2n) is 3.39. The first-order chi connectivity index (χ1) is 7.27. The van der Waals surface area contributed by atoms with Gasteiger partial charge in [0.1, 0.15) is 0 Å². The third kappa shape index (κ3) is 5.16. The minimum atomic E-state index is 0. The van der Waals surface area contributed by atoms with Gasteiger partial charge in [-0.05, 0) is 0 Å². The van der Waals surface area contributed by atoms with E-state index in [9.17, 15) is 0 Å². The van der Waals surface area contributed by atoms with Crippen molar-refractivity contribution < 1.29 is 17.1 Å². The Balaban J connectivity index is 0.000000283. The molecule has 2 aromatic carbocycles. The Morgan fingerprint density at radius 3 is 2.12 bits per heavy atom. The van der Waals surface area contributed by atoms with Crippen LogP contribution in [0.25, 0.3) is 0 Å². The third-order valence-corrected chi connectivity index (χ3v) is 2.92. The average Bonchev–Trinajstić information content (AvgIpc) is 2.88. The van der Waals surface area contributed by atoms with Crippen molar-refractivity contribution in [1.29, 1.82) is 0 Å². The molecular weight excluding hydrogens is 304 g/mol. The molecule has 0 unspecified atom stereocenters. The van der Waals surface area contributed by atoms with Crippen molar-refractivity contribution in [3.8, 4) is 0 Å². The Bertz CT molecular complexity index is 341. The molecule has 0 N–H and O–H groups in total. The maximum atomic E-state index is 3.28. The van der Waals surface area contributed by atoms with Gasteiger partial charge in [0.05, 0.1) is 0 Å². The molecule has 88 valence electrons. The summed E-state index contributed by atoms with van der Waals surface area (Å²) in [4.78, 5) is 0. The van der Waals surface area contributed by atoms with E-state index < -0.39 is 0 Å². The molecule has 16 heavy (non-hydrogen) atoms. The summed E-state index contributed by atoms with van der Waals surface area (Å²) in [7, 11) is 0. The van der Waals surface area contributed by atoms with Crippen molar-refractivity contribution in [3.05, 3.63) is 58.1 Å². The van der Waals surface area contributed by atoms with Crippen LogP contribution in [0.4, 0.5) is 0 Å². The molecule has 2 aromatic rings. The predicted octanol–water partition coefficient (Wildman–Crippen LogP) is 4.70. The van der Waals surface area contributed by atoms with Gasteiger partial charge in [0.2, 0.25) is 0 Å². The molecule has 0 nitrogen and oxygen atoms in total. The average molecular weight is 321 g/mol. The predicted molar refractivity (Wildman–Crippen MR) is 70.5 cm³/mol. The Labute approximate surface area is 117 Å². The summed E-state index contributed by atoms with van der Waals surface area (Å²) in [5, 5.41) is 0. The first-order valence-corrected chi connectivity index (χ1v) is 6.17. The molecule has 0 heterocycles. The molecule has 0 radical (unpaired) electrons. The van der Waals surface area contributed by atoms with Gasteiger partial charge < -0.3 is 0 Å². The Morgan fingerprint density at radius 2 is 1.81 bits per heavy atom. The van der Waals surface area contributed by atoms with Crippen LogP contribution in [-0.4, -0.2) is 0 Å². The van der Waals surface area contributed by atoms with E-state index in [1.807, 2.05) is 24.3 Å². The zero-order chi connectivity index (χ0) is 11.1. The van der Waals surface area contributed by atoms with Crippen molar-refractivity contribution in [3.63, 3.8) is 0 Å². The van der Waals surface area contributed by atoms with E-state index in [-0.39, 0.29) is 17.1 Å². The molecular formula is C14H17BrFe. The van der Waals surface area contributed by atoms with Crippen LogP contribution >= 0.6 is 15.9 Å². The van der Waals surface area contributed by atoms with E-state index in [1.54, 1.807) is 0 Å². The van der Waals surface area contributed by atoms with Crippen LogP contribution in [0.5, 0.6) is 0 Å². The largest absolute Gasteiger partial charge is 2.00 e. The fraction of sp³-hybridized carbons (Fsp3) is 0.286. The van der Waals surface area contributed by atoms with Crippen molar-refractivity contribution in [2.45, 2.75) is 26.7 Å². The fourth-order valence-electron chi connectivity index (χ4n) is 1.53. The van der Waals surface area contributed by atoms with Crippen LogP contribution in [0.2, 0.25) is 0 Å². The molecule has 0 aliphatic carbocycles. The third-order valence-electron chi connectivity index (χ3n) is 2.39. The summed E-state index contributed by atoms with van der Waals surface area (Å²) < 4.78 is 1.16. The van der Waals surface area contributed by atoms with Crippen molar-refractivity contribution in [1.82, 2.24) is 0 Å². The maximum absolute atomic E-state index is 3.28. The van der Waals surface area contributed by atoms with Crippen LogP contribution in [0.15, 0.2) is 46.9 Å². The summed E-state index contributed by atoms with van der Waals surface area (Å²) in [6.07, 6.45) is 2.35. The van der Waals surface area contributed by atoms with Gasteiger partial charge in [0.25, 0.3) is 0 Å². The summed E-state index contributed by atoms with van der Waals surface area (Å²) >= 11 is 3.28. The molecule has 0 aliphatic rings. The van der Waals surface area contributed by atoms with E-state index >= 15 is 0 Å². The van der Waals surface area contributed by atoms with Crippen molar-refractivity contribution >= 4 is 15.9 Å². The smallest absolute Gasteiger partial charge is 0.213 e. The van der Waals surface area contributed by atoms with Gasteiger partial charge in [0.15, 0.2) is 0 Å². The SMILES string of the molecule is Brc1ccc[cH-]1.CCc1cc[cH-]c1CC.[Fe+2]. The van der Waals surface area contributed by atoms with E-state index in [0.717, 1.165) is 4.47 Å². The zero-order valence-corrected chi connectivity index (χ0v) is 12.4. The molecule has 0 aromatic heterocycles. The first-order valence-electron chi connectivity index (χ1n) is 5.38. The number of rotatable bonds is 2. The normalized spacial score (nSPS) is 8.94. The molecule has 0 spiro atoms. The number of halogens is 1. The second kappa shape index (κ2) is 8.81. The van der Waals surface area contributed by atoms with E-state index in [4.69, 9.17) is 0 Å². The molecule has 0 saturated carbocycles. The molecule has 0 atom stereocenters. The van der Waals surface area contributed by atoms with Crippen LogP contribution in [0.1, 0.15) is 25.0 Å². The first kappa shape index (κ1) is 15.7. The Morgan fingerprint density at radius 1 is 1.06 bits per heavy atom. The molecule has 0 amide bonds. The Kier molecular flexibility index (Phi) is 8.64. The van der Waals surface area contributed by atoms with Crippen molar-refractivity contribution in [2.75, 3.05) is 0 Å². The summed E-state index contributed by atoms with van der Waals surface area (Å²) in [5.74, 6) is 0. The van der Waals surface area contributed by atoms with Crippen molar-refractivity contribution in [2.24, 2.45) is 0 Å². The van der Waals surface area contributed by atoms with Crippen LogP contribution in [0.3, 0.4) is 0 Å². The van der Waals surface area contributed by atoms with Gasteiger partial charge in [0, 0.05) is 0 Å². The topological polar surface area (TPSA) is 0 Å². The Hall–Kier alpha value is -0.301. The summed E-state index contributed by atoms with van der Waals surface area (Å²) in [5.41, 5.74) is 3.02. The van der Waals surface area contributed by atoms with Gasteiger partial charge in [-0.3, -0.25) is 0 Å². The molecule has 0 fully saturated rings. The van der Waals surface area contributed by atoms with Crippen LogP contribution in [-0.2, 0) is 29.9 Å². The summed E-state index contributed by atoms with van der Waals surface area (Å²) in [6.45, 7) is 4.41. The monoisotopic (exact) mass is 320 g/mol. The number of hydrogen-bond acceptors (Lipinski definition) is 0. The second-order valence-corrected chi connectivity index (χ2v) is 4.30. The molecule has 2 heteroatoms. The number of aryl methyl sites for hydroxylation is 2. The fourth-order valence-corrected chi connectivity index (χ4v) is 1.84. The van der Waals surface area contributed by atoms with E-state index in [2.05, 4.69) is 48.0 Å². The van der Waals surface area contributed by atoms with Gasteiger partial charge in [-0.1, -0.05) is 42.6 Å². The molecule has 2 rings (SSSR count). The number of hydrogen-bond donors (Lipinski definition) is 0. The van der Waals surface area contributed by atoms with Gasteiger partial charge in [-0.15, -0.1) is 4.47 Å². The van der Waals surface area contributed by atoms with Crippen LogP contribution in [0, 0.1) is 0 Å². The minimum Gasteiger partial charge on any atom is -0.213 e. The maximum Gasteiger partial charge on any atom is 2.00 e. The zero-order valence-electron chi connectivity index (χ0n) is 9.69. The van der Waals surface area contributed by atoms with Gasteiger partial charge >= 0.3 is 17.1 Å². The minimum absolute atomic E-state index is 0. The molecule has 0 bridgehead atoms. The van der Waals surface area contributed by atoms with E-state index in [0.29, 0.717) is 0 Å². The molecule has 0 saturated heterocycles. The standard InChI is InChI=1S/C9H13.C5H4Br.Fe/c1-3-8-6-5-7-9(8)4-2;6-5-3-1-2-4-5;/h5-7H,3-4H2,1-2H3;1-4H;/q2*-1;+2. The van der Waals surface area contributed by atoms with E-state index in [1.165, 1.54) is 24.0 Å². The van der Waals surface area contributed by atoms with Gasteiger partial charge in [-0.2, -0.15) is 41.5 Å². The quantitative estimate of drug-likeness (QED) is 0.556. The van der Waals surface area contributed by atoms with Crippen LogP contribution < -0.4 is 0 Å². The van der Waals surface area contributed by atoms with Gasteiger partial charge in [-0.25, -0.2) is 12.1 Å².